The fourth-order valence-electron chi connectivity index (χ4n) is 2.30. The highest BCUT2D eigenvalue weighted by molar-refractivity contribution is 5.75. The number of hydrogen-bond acceptors (Lipinski definition) is 3. The van der Waals surface area contributed by atoms with Gasteiger partial charge in [-0.25, -0.2) is 4.79 Å². The van der Waals surface area contributed by atoms with Crippen LogP contribution < -0.4 is 5.32 Å². The topological polar surface area (TPSA) is 89.9 Å². The Kier molecular flexibility index (Phi) is 5.60. The van der Waals surface area contributed by atoms with Crippen molar-refractivity contribution in [1.82, 2.24) is 10.2 Å². The highest BCUT2D eigenvalue weighted by Gasteiger charge is 2.29. The van der Waals surface area contributed by atoms with E-state index in [1.54, 1.807) is 4.90 Å². The fraction of sp³-hybridized carbons (Fsp3) is 0.846. The van der Waals surface area contributed by atoms with Crippen LogP contribution in [0.4, 0.5) is 4.79 Å². The number of aliphatic hydroxyl groups excluding tert-OH is 1. The molecule has 0 aromatic heterocycles. The van der Waals surface area contributed by atoms with Gasteiger partial charge in [0, 0.05) is 18.5 Å². The first-order valence-electron chi connectivity index (χ1n) is 6.77. The lowest BCUT2D eigenvalue weighted by molar-refractivity contribution is -0.137. The van der Waals surface area contributed by atoms with Gasteiger partial charge in [-0.05, 0) is 39.5 Å². The number of amides is 2. The highest BCUT2D eigenvalue weighted by atomic mass is 16.4. The van der Waals surface area contributed by atoms with Gasteiger partial charge in [0.15, 0.2) is 0 Å². The van der Waals surface area contributed by atoms with Crippen LogP contribution in [0.2, 0.25) is 0 Å². The summed E-state index contributed by atoms with van der Waals surface area (Å²) in [6.07, 6.45) is 3.19. The third kappa shape index (κ3) is 5.06. The molecule has 1 unspecified atom stereocenters. The molecule has 1 rings (SSSR count). The van der Waals surface area contributed by atoms with E-state index in [0.717, 1.165) is 19.3 Å². The molecule has 1 heterocycles. The zero-order valence-electron chi connectivity index (χ0n) is 11.7. The Morgan fingerprint density at radius 2 is 2.05 bits per heavy atom. The number of aliphatic carboxylic acids is 1. The molecular weight excluding hydrogens is 248 g/mol. The molecule has 19 heavy (non-hydrogen) atoms. The molecule has 0 aromatic rings. The number of nitrogens with one attached hydrogen (secondary N) is 1. The molecule has 110 valence electrons. The Morgan fingerprint density at radius 1 is 1.37 bits per heavy atom. The average molecular weight is 272 g/mol. The van der Waals surface area contributed by atoms with Crippen LogP contribution in [0, 0.1) is 0 Å². The summed E-state index contributed by atoms with van der Waals surface area (Å²) in [5.74, 6) is -0.867. The van der Waals surface area contributed by atoms with E-state index in [2.05, 4.69) is 5.32 Å². The van der Waals surface area contributed by atoms with Crippen molar-refractivity contribution in [2.75, 3.05) is 13.2 Å². The normalized spacial score (nSPS) is 20.2. The van der Waals surface area contributed by atoms with Gasteiger partial charge in [-0.1, -0.05) is 0 Å². The summed E-state index contributed by atoms with van der Waals surface area (Å²) in [5.41, 5.74) is -0.563. The Hall–Kier alpha value is -1.30. The Bertz CT molecular complexity index is 331. The number of carboxylic acid groups (broad SMARTS) is 1. The van der Waals surface area contributed by atoms with Gasteiger partial charge in [-0.2, -0.15) is 0 Å². The number of hydrogen-bond donors (Lipinski definition) is 3. The smallest absolute Gasteiger partial charge is 0.318 e. The summed E-state index contributed by atoms with van der Waals surface area (Å²) in [5, 5.41) is 20.8. The van der Waals surface area contributed by atoms with E-state index >= 15 is 0 Å². The minimum absolute atomic E-state index is 0.0245. The molecule has 0 aromatic carbocycles. The summed E-state index contributed by atoms with van der Waals surface area (Å²) >= 11 is 0. The third-order valence-corrected chi connectivity index (χ3v) is 3.51. The van der Waals surface area contributed by atoms with Gasteiger partial charge < -0.3 is 20.4 Å². The van der Waals surface area contributed by atoms with Gasteiger partial charge >= 0.3 is 12.0 Å². The molecule has 2 amide bonds. The van der Waals surface area contributed by atoms with Crippen molar-refractivity contribution in [3.63, 3.8) is 0 Å². The van der Waals surface area contributed by atoms with E-state index in [0.29, 0.717) is 13.0 Å². The first kappa shape index (κ1) is 15.8. The van der Waals surface area contributed by atoms with E-state index in [4.69, 9.17) is 5.11 Å². The van der Waals surface area contributed by atoms with Crippen LogP contribution in [-0.2, 0) is 4.79 Å². The number of piperidine rings is 1. The van der Waals surface area contributed by atoms with Crippen LogP contribution in [0.3, 0.4) is 0 Å². The van der Waals surface area contributed by atoms with Gasteiger partial charge in [-0.15, -0.1) is 0 Å². The van der Waals surface area contributed by atoms with Crippen LogP contribution in [0.1, 0.15) is 46.0 Å². The van der Waals surface area contributed by atoms with Crippen LogP contribution in [0.25, 0.3) is 0 Å². The average Bonchev–Trinajstić information content (AvgIpc) is 2.36. The molecule has 6 nitrogen and oxygen atoms in total. The number of carbonyl (C=O) groups excluding carboxylic acids is 1. The second-order valence-corrected chi connectivity index (χ2v) is 5.73. The van der Waals surface area contributed by atoms with E-state index in [9.17, 15) is 14.7 Å². The number of rotatable bonds is 5. The lowest BCUT2D eigenvalue weighted by atomic mass is 9.98. The van der Waals surface area contributed by atoms with Gasteiger partial charge in [0.1, 0.15) is 0 Å². The number of likely N-dealkylation sites (tertiary alicyclic amines) is 1. The van der Waals surface area contributed by atoms with Crippen molar-refractivity contribution in [2.24, 2.45) is 0 Å². The molecule has 1 fully saturated rings. The minimum atomic E-state index is -0.867. The molecule has 0 aliphatic carbocycles. The molecule has 0 radical (unpaired) electrons. The molecule has 6 heteroatoms. The van der Waals surface area contributed by atoms with Gasteiger partial charge in [0.05, 0.1) is 12.6 Å². The number of carboxylic acids is 1. The van der Waals surface area contributed by atoms with Crippen molar-refractivity contribution >= 4 is 12.0 Å². The van der Waals surface area contributed by atoms with Gasteiger partial charge in [0.25, 0.3) is 0 Å². The summed E-state index contributed by atoms with van der Waals surface area (Å²) in [4.78, 5) is 24.4. The monoisotopic (exact) mass is 272 g/mol. The first-order chi connectivity index (χ1) is 8.85. The van der Waals surface area contributed by atoms with Crippen molar-refractivity contribution in [2.45, 2.75) is 57.5 Å². The zero-order valence-corrected chi connectivity index (χ0v) is 11.7. The maximum absolute atomic E-state index is 12.2. The van der Waals surface area contributed by atoms with E-state index in [1.165, 1.54) is 0 Å². The van der Waals surface area contributed by atoms with Crippen LogP contribution in [0.15, 0.2) is 0 Å². The maximum Gasteiger partial charge on any atom is 0.318 e. The predicted molar refractivity (Wildman–Crippen MR) is 70.9 cm³/mol. The maximum atomic E-state index is 12.2. The van der Waals surface area contributed by atoms with Gasteiger partial charge in [0.2, 0.25) is 0 Å². The quantitative estimate of drug-likeness (QED) is 0.701. The van der Waals surface area contributed by atoms with Gasteiger partial charge in [-0.3, -0.25) is 4.79 Å². The summed E-state index contributed by atoms with van der Waals surface area (Å²) < 4.78 is 0. The summed E-state index contributed by atoms with van der Waals surface area (Å²) in [6, 6.07) is -0.335. The summed E-state index contributed by atoms with van der Waals surface area (Å²) in [6.45, 7) is 4.24. The second kappa shape index (κ2) is 6.75. The number of carbonyl (C=O) groups is 2. The molecule has 0 saturated carbocycles. The molecule has 1 saturated heterocycles. The van der Waals surface area contributed by atoms with E-state index in [-0.39, 0.29) is 25.1 Å². The Balaban J connectivity index is 2.54. The SMILES string of the molecule is CC(C)(CCC(=O)O)NC(=O)N1CCCCC1CO. The highest BCUT2D eigenvalue weighted by Crippen LogP contribution is 2.18. The molecule has 1 atom stereocenters. The predicted octanol–water partition coefficient (Wildman–Crippen LogP) is 1.19. The standard InChI is InChI=1S/C13H24N2O4/c1-13(2,7-6-11(17)18)14-12(19)15-8-4-3-5-10(15)9-16/h10,16H,3-9H2,1-2H3,(H,14,19)(H,17,18). The van der Waals surface area contributed by atoms with Crippen LogP contribution in [-0.4, -0.2) is 51.8 Å². The largest absolute Gasteiger partial charge is 0.481 e. The van der Waals surface area contributed by atoms with Crippen LogP contribution in [0.5, 0.6) is 0 Å². The lowest BCUT2D eigenvalue weighted by Gasteiger charge is -2.37. The minimum Gasteiger partial charge on any atom is -0.481 e. The third-order valence-electron chi connectivity index (χ3n) is 3.51. The molecule has 1 aliphatic heterocycles. The first-order valence-corrected chi connectivity index (χ1v) is 6.77. The van der Waals surface area contributed by atoms with Crippen molar-refractivity contribution in [3.05, 3.63) is 0 Å². The van der Waals surface area contributed by atoms with Crippen LogP contribution >= 0.6 is 0 Å². The zero-order chi connectivity index (χ0) is 14.5. The number of nitrogens with zero attached hydrogens (tertiary/aromatic N) is 1. The summed E-state index contributed by atoms with van der Waals surface area (Å²) in [7, 11) is 0. The number of aliphatic hydroxyl groups is 1. The Labute approximate surface area is 113 Å². The fourth-order valence-corrected chi connectivity index (χ4v) is 2.30. The molecular formula is C13H24N2O4. The Morgan fingerprint density at radius 3 is 2.63 bits per heavy atom. The van der Waals surface area contributed by atoms with E-state index in [1.807, 2.05) is 13.8 Å². The second-order valence-electron chi connectivity index (χ2n) is 5.73. The lowest BCUT2D eigenvalue weighted by Crippen LogP contribution is -2.55. The molecule has 0 spiro atoms. The number of urea groups is 1. The van der Waals surface area contributed by atoms with Crippen molar-refractivity contribution in [3.8, 4) is 0 Å². The van der Waals surface area contributed by atoms with Crippen molar-refractivity contribution < 1.29 is 19.8 Å². The molecule has 3 N–H and O–H groups in total. The molecule has 0 bridgehead atoms. The van der Waals surface area contributed by atoms with Crippen molar-refractivity contribution in [1.29, 1.82) is 0 Å². The van der Waals surface area contributed by atoms with E-state index < -0.39 is 11.5 Å². The molecule has 1 aliphatic rings.